The second kappa shape index (κ2) is 21.6. The smallest absolute Gasteiger partial charge is 0.256 e. The lowest BCUT2D eigenvalue weighted by Gasteiger charge is -2.19. The van der Waals surface area contributed by atoms with Crippen LogP contribution in [0.15, 0.2) is 115 Å². The van der Waals surface area contributed by atoms with Crippen LogP contribution in [0.25, 0.3) is 0 Å². The molecule has 6 N–H and O–H groups in total. The zero-order valence-electron chi connectivity index (χ0n) is 35.2. The number of halogens is 2. The number of aliphatic hydroxyl groups excluding tert-OH is 2. The van der Waals surface area contributed by atoms with Crippen molar-refractivity contribution in [2.24, 2.45) is 5.41 Å². The molecule has 1 saturated carbocycles. The van der Waals surface area contributed by atoms with Crippen LogP contribution in [0.3, 0.4) is 0 Å². The molecule has 0 radical (unpaired) electrons. The van der Waals surface area contributed by atoms with Crippen LogP contribution in [-0.2, 0) is 50.2 Å². The summed E-state index contributed by atoms with van der Waals surface area (Å²) in [5.74, 6) is 0.854. The van der Waals surface area contributed by atoms with E-state index >= 15 is 0 Å². The van der Waals surface area contributed by atoms with Gasteiger partial charge in [-0.25, -0.2) is 15.0 Å². The van der Waals surface area contributed by atoms with E-state index in [2.05, 4.69) is 41.1 Å². The fourth-order valence-electron chi connectivity index (χ4n) is 7.10. The lowest BCUT2D eigenvalue weighted by Crippen LogP contribution is -2.27. The third-order valence-electron chi connectivity index (χ3n) is 11.1. The van der Waals surface area contributed by atoms with Crippen molar-refractivity contribution in [3.8, 4) is 0 Å². The molecule has 0 bridgehead atoms. The minimum atomic E-state index is -1.39. The van der Waals surface area contributed by atoms with Crippen LogP contribution in [0.5, 0.6) is 0 Å². The van der Waals surface area contributed by atoms with Gasteiger partial charge >= 0.3 is 0 Å². The SMILES string of the molecule is CS(=O)c1ncc(C(=O)NCc2ccccc2)c(NCc2ccc(CO)c(Cl)c2)n1.O=C(NCc1ccccc1)c1cnc(N2CCC3(CC3)C2)nc1NCc1ccc(CO)c(Cl)c1. The molecule has 17 heteroatoms. The molecule has 1 atom stereocenters. The molecule has 2 aliphatic rings. The minimum absolute atomic E-state index is 0.106. The third-order valence-corrected chi connectivity index (χ3v) is 12.5. The summed E-state index contributed by atoms with van der Waals surface area (Å²) in [4.78, 5) is 45.6. The quantitative estimate of drug-likeness (QED) is 0.0543. The number of aromatic nitrogens is 4. The van der Waals surface area contributed by atoms with Gasteiger partial charge in [-0.1, -0.05) is 108 Å². The van der Waals surface area contributed by atoms with Gasteiger partial charge in [0.25, 0.3) is 11.8 Å². The van der Waals surface area contributed by atoms with Crippen molar-refractivity contribution in [3.63, 3.8) is 0 Å². The zero-order valence-corrected chi connectivity index (χ0v) is 37.5. The van der Waals surface area contributed by atoms with E-state index in [1.807, 2.05) is 78.9 Å². The maximum Gasteiger partial charge on any atom is 0.256 e. The number of amides is 2. The first-order valence-electron chi connectivity index (χ1n) is 20.7. The van der Waals surface area contributed by atoms with Crippen molar-refractivity contribution >= 4 is 63.4 Å². The molecule has 332 valence electrons. The van der Waals surface area contributed by atoms with E-state index in [0.717, 1.165) is 35.3 Å². The van der Waals surface area contributed by atoms with Gasteiger partial charge in [0.1, 0.15) is 22.8 Å². The van der Waals surface area contributed by atoms with Crippen molar-refractivity contribution < 1.29 is 24.0 Å². The van der Waals surface area contributed by atoms with E-state index in [-0.39, 0.29) is 41.6 Å². The molecule has 2 amide bonds. The Morgan fingerprint density at radius 2 is 1.17 bits per heavy atom. The van der Waals surface area contributed by atoms with Crippen LogP contribution in [0.4, 0.5) is 17.6 Å². The fraction of sp³-hybridized carbons (Fsp3) is 0.277. The van der Waals surface area contributed by atoms with E-state index < -0.39 is 10.8 Å². The molecule has 1 aliphatic heterocycles. The van der Waals surface area contributed by atoms with Crippen LogP contribution in [0, 0.1) is 5.41 Å². The molecule has 1 unspecified atom stereocenters. The average molecular weight is 923 g/mol. The molecule has 64 heavy (non-hydrogen) atoms. The van der Waals surface area contributed by atoms with Crippen molar-refractivity contribution in [2.75, 3.05) is 34.9 Å². The summed E-state index contributed by atoms with van der Waals surface area (Å²) in [6, 6.07) is 30.1. The largest absolute Gasteiger partial charge is 0.392 e. The van der Waals surface area contributed by atoms with Crippen LogP contribution >= 0.6 is 23.2 Å². The Balaban J connectivity index is 0.000000193. The first-order chi connectivity index (χ1) is 31.0. The normalized spacial score (nSPS) is 14.0. The van der Waals surface area contributed by atoms with Gasteiger partial charge in [-0.2, -0.15) is 4.98 Å². The summed E-state index contributed by atoms with van der Waals surface area (Å²) in [7, 11) is -1.39. The van der Waals surface area contributed by atoms with Crippen molar-refractivity contribution in [1.29, 1.82) is 0 Å². The van der Waals surface area contributed by atoms with E-state index in [0.29, 0.717) is 70.1 Å². The number of benzene rings is 4. The number of carbonyl (C=O) groups excluding carboxylic acids is 2. The zero-order chi connectivity index (χ0) is 45.1. The molecule has 6 aromatic rings. The Labute approximate surface area is 384 Å². The molecule has 1 aliphatic carbocycles. The molecule has 1 spiro atoms. The Morgan fingerprint density at radius 3 is 1.62 bits per heavy atom. The number of carbonyl (C=O) groups is 2. The highest BCUT2D eigenvalue weighted by Gasteiger charge is 2.48. The Hall–Kier alpha value is -5.97. The lowest BCUT2D eigenvalue weighted by atomic mass is 10.1. The van der Waals surface area contributed by atoms with E-state index in [4.69, 9.17) is 28.2 Å². The minimum Gasteiger partial charge on any atom is -0.392 e. The maximum absolute atomic E-state index is 13.0. The molecule has 1 saturated heterocycles. The highest BCUT2D eigenvalue weighted by atomic mass is 35.5. The summed E-state index contributed by atoms with van der Waals surface area (Å²) < 4.78 is 11.8. The molecule has 8 rings (SSSR count). The van der Waals surface area contributed by atoms with Gasteiger partial charge in [0, 0.05) is 68.0 Å². The van der Waals surface area contributed by atoms with Gasteiger partial charge in [0.15, 0.2) is 0 Å². The van der Waals surface area contributed by atoms with E-state index in [1.165, 1.54) is 31.7 Å². The summed E-state index contributed by atoms with van der Waals surface area (Å²) >= 11 is 12.4. The summed E-state index contributed by atoms with van der Waals surface area (Å²) in [6.07, 6.45) is 8.19. The van der Waals surface area contributed by atoms with Crippen LogP contribution in [-0.4, -0.2) is 65.5 Å². The number of nitrogens with one attached hydrogen (secondary N) is 4. The highest BCUT2D eigenvalue weighted by molar-refractivity contribution is 7.84. The average Bonchev–Trinajstić information content (AvgIpc) is 3.96. The fourth-order valence-corrected chi connectivity index (χ4v) is 8.04. The Morgan fingerprint density at radius 1 is 0.672 bits per heavy atom. The summed E-state index contributed by atoms with van der Waals surface area (Å²) in [6.45, 7) is 3.22. The van der Waals surface area contributed by atoms with Crippen LogP contribution in [0.2, 0.25) is 10.0 Å². The van der Waals surface area contributed by atoms with Gasteiger partial charge in [-0.3, -0.25) is 13.8 Å². The van der Waals surface area contributed by atoms with Gasteiger partial charge < -0.3 is 36.4 Å². The van der Waals surface area contributed by atoms with Gasteiger partial charge in [0.05, 0.1) is 24.0 Å². The molecule has 4 aromatic carbocycles. The van der Waals surface area contributed by atoms with E-state index in [9.17, 15) is 24.0 Å². The maximum atomic E-state index is 13.0. The number of rotatable bonds is 16. The van der Waals surface area contributed by atoms with Crippen molar-refractivity contribution in [3.05, 3.63) is 164 Å². The van der Waals surface area contributed by atoms with Gasteiger partial charge in [0.2, 0.25) is 11.1 Å². The molecule has 2 fully saturated rings. The molecule has 14 nitrogen and oxygen atoms in total. The second-order valence-electron chi connectivity index (χ2n) is 15.7. The lowest BCUT2D eigenvalue weighted by molar-refractivity contribution is 0.0942. The number of hydrogen-bond donors (Lipinski definition) is 6. The Bertz CT molecular complexity index is 2600. The van der Waals surface area contributed by atoms with Gasteiger partial charge in [-0.15, -0.1) is 0 Å². The number of aliphatic hydroxyl groups is 2. The predicted octanol–water partition coefficient (Wildman–Crippen LogP) is 7.06. The third kappa shape index (κ3) is 12.2. The van der Waals surface area contributed by atoms with Crippen LogP contribution < -0.4 is 26.2 Å². The molecular weight excluding hydrogens is 874 g/mol. The van der Waals surface area contributed by atoms with Crippen molar-refractivity contribution in [2.45, 2.75) is 63.8 Å². The topological polar surface area (TPSA) is 195 Å². The Kier molecular flexibility index (Phi) is 15.5. The first-order valence-corrected chi connectivity index (χ1v) is 23.1. The highest BCUT2D eigenvalue weighted by Crippen LogP contribution is 2.53. The van der Waals surface area contributed by atoms with E-state index in [1.54, 1.807) is 24.4 Å². The molecule has 3 heterocycles. The number of nitrogens with zero attached hydrogens (tertiary/aromatic N) is 5. The summed E-state index contributed by atoms with van der Waals surface area (Å²) in [5.41, 5.74) is 6.16. The second-order valence-corrected chi connectivity index (χ2v) is 17.8. The first kappa shape index (κ1) is 46.0. The van der Waals surface area contributed by atoms with Gasteiger partial charge in [-0.05, 0) is 70.2 Å². The summed E-state index contributed by atoms with van der Waals surface area (Å²) in [5, 5.41) is 31.9. The molecule has 2 aromatic heterocycles. The number of hydrogen-bond acceptors (Lipinski definition) is 12. The van der Waals surface area contributed by atoms with Crippen molar-refractivity contribution in [1.82, 2.24) is 30.6 Å². The molecular formula is C47H49Cl2N9O5S. The monoisotopic (exact) mass is 921 g/mol. The standard InChI is InChI=1S/C26H28ClN5O2.C21H21ClN4O3S/c27-22-12-19(6-7-20(22)16-33)14-28-23-21(24(34)29-13-18-4-2-1-3-5-18)15-30-25(31-23)32-11-10-26(17-32)8-9-26;1-30(29)21-25-12-17(20(28)24-10-14-5-3-2-4-6-14)19(26-21)23-11-15-7-8-16(13-27)18(22)9-15/h1-7,12,15,33H,8-11,13-14,16-17H2,(H,29,34)(H,28,30,31);2-9,12,27H,10-11,13H2,1H3,(H,24,28)(H,23,25,26). The number of anilines is 3. The van der Waals surface area contributed by atoms with Crippen LogP contribution in [0.1, 0.15) is 73.4 Å². The predicted molar refractivity (Wildman–Crippen MR) is 250 cm³/mol.